The molecule has 0 aromatic heterocycles. The maximum Gasteiger partial charge on any atom is 0.158 e. The fourth-order valence-electron chi connectivity index (χ4n) is 0.787. The summed E-state index contributed by atoms with van der Waals surface area (Å²) in [5.41, 5.74) is 0. The summed E-state index contributed by atoms with van der Waals surface area (Å²) in [6.45, 7) is 2.49. The fourth-order valence-corrected chi connectivity index (χ4v) is 1.86. The smallest absolute Gasteiger partial charge is 0.158 e. The molecule has 0 aliphatic carbocycles. The van der Waals surface area contributed by atoms with Gasteiger partial charge in [-0.25, -0.2) is 0 Å². The highest BCUT2D eigenvalue weighted by atomic mass is 35.7. The normalized spacial score (nSPS) is 43.7. The highest BCUT2D eigenvalue weighted by Crippen LogP contribution is 2.31. The monoisotopic (exact) mass is 168 g/mol. The summed E-state index contributed by atoms with van der Waals surface area (Å²) in [6, 6.07) is 0. The van der Waals surface area contributed by atoms with Gasteiger partial charge in [-0.2, -0.15) is 0 Å². The van der Waals surface area contributed by atoms with E-state index in [0.29, 0.717) is 6.61 Å². The van der Waals surface area contributed by atoms with Crippen molar-refractivity contribution in [1.82, 2.24) is 0 Å². The van der Waals surface area contributed by atoms with Gasteiger partial charge in [-0.3, -0.25) is 0 Å². The lowest BCUT2D eigenvalue weighted by atomic mass is 10.1. The number of halogens is 1. The van der Waals surface area contributed by atoms with E-state index in [4.69, 9.17) is 20.5 Å². The molecule has 9 heavy (non-hydrogen) atoms. The van der Waals surface area contributed by atoms with Crippen molar-refractivity contribution < 1.29 is 9.84 Å². The maximum absolute atomic E-state index is 9.01. The van der Waals surface area contributed by atoms with E-state index >= 15 is 0 Å². The standard InChI is InChI=1S/C5H9ClO2S/c1-3-4(9-6)2-8-5(3)7/h3-5,7H,2H2,1H3. The van der Waals surface area contributed by atoms with Gasteiger partial charge in [-0.15, -0.1) is 0 Å². The molecule has 0 saturated carbocycles. The molecule has 1 rings (SSSR count). The SMILES string of the molecule is CC1C(O)OCC1SCl. The molecule has 2 nitrogen and oxygen atoms in total. The van der Waals surface area contributed by atoms with Crippen LogP contribution in [0.5, 0.6) is 0 Å². The van der Waals surface area contributed by atoms with E-state index < -0.39 is 6.29 Å². The van der Waals surface area contributed by atoms with Crippen LogP contribution >= 0.6 is 21.7 Å². The van der Waals surface area contributed by atoms with E-state index in [1.54, 1.807) is 0 Å². The molecule has 1 aliphatic rings. The molecular formula is C5H9ClO2S. The number of hydrogen-bond donors (Lipinski definition) is 1. The van der Waals surface area contributed by atoms with E-state index in [1.165, 1.54) is 11.0 Å². The van der Waals surface area contributed by atoms with Gasteiger partial charge in [0.25, 0.3) is 0 Å². The Morgan fingerprint density at radius 2 is 2.44 bits per heavy atom. The molecule has 1 fully saturated rings. The molecule has 4 heteroatoms. The highest BCUT2D eigenvalue weighted by Gasteiger charge is 2.32. The summed E-state index contributed by atoms with van der Waals surface area (Å²) < 4.78 is 4.92. The van der Waals surface area contributed by atoms with Crippen LogP contribution in [0.2, 0.25) is 0 Å². The summed E-state index contributed by atoms with van der Waals surface area (Å²) in [5, 5.41) is 9.26. The van der Waals surface area contributed by atoms with E-state index in [1.807, 2.05) is 6.92 Å². The zero-order valence-corrected chi connectivity index (χ0v) is 6.65. The van der Waals surface area contributed by atoms with Gasteiger partial charge in [0.15, 0.2) is 6.29 Å². The molecule has 1 N–H and O–H groups in total. The molecular weight excluding hydrogens is 160 g/mol. The first-order chi connectivity index (χ1) is 4.25. The van der Waals surface area contributed by atoms with Gasteiger partial charge in [-0.05, 0) is 21.7 Å². The van der Waals surface area contributed by atoms with Gasteiger partial charge >= 0.3 is 0 Å². The van der Waals surface area contributed by atoms with Crippen molar-refractivity contribution in [2.75, 3.05) is 6.61 Å². The molecule has 0 amide bonds. The summed E-state index contributed by atoms with van der Waals surface area (Å²) >= 11 is 0. The van der Waals surface area contributed by atoms with Crippen molar-refractivity contribution in [3.05, 3.63) is 0 Å². The fraction of sp³-hybridized carbons (Fsp3) is 1.00. The summed E-state index contributed by atoms with van der Waals surface area (Å²) in [4.78, 5) is 0. The molecule has 1 saturated heterocycles. The minimum Gasteiger partial charge on any atom is -0.368 e. The van der Waals surface area contributed by atoms with Crippen molar-refractivity contribution in [2.45, 2.75) is 18.5 Å². The Bertz CT molecular complexity index is 101. The summed E-state index contributed by atoms with van der Waals surface area (Å²) in [7, 11) is 6.73. The molecule has 0 aromatic carbocycles. The van der Waals surface area contributed by atoms with Crippen LogP contribution < -0.4 is 0 Å². The molecule has 1 aliphatic heterocycles. The molecule has 0 spiro atoms. The molecule has 0 aromatic rings. The first kappa shape index (κ1) is 7.66. The van der Waals surface area contributed by atoms with Crippen molar-refractivity contribution in [1.29, 1.82) is 0 Å². The molecule has 0 radical (unpaired) electrons. The summed E-state index contributed by atoms with van der Waals surface area (Å²) in [5.74, 6) is 0.160. The van der Waals surface area contributed by atoms with E-state index in [2.05, 4.69) is 0 Å². The Labute approximate surface area is 63.0 Å². The van der Waals surface area contributed by atoms with Crippen LogP contribution in [0, 0.1) is 5.92 Å². The second-order valence-corrected chi connectivity index (χ2v) is 3.53. The van der Waals surface area contributed by atoms with Crippen molar-refractivity contribution in [3.63, 3.8) is 0 Å². The third-order valence-electron chi connectivity index (χ3n) is 1.58. The lowest BCUT2D eigenvalue weighted by molar-refractivity contribution is -0.0786. The number of aliphatic hydroxyl groups excluding tert-OH is 1. The third-order valence-corrected chi connectivity index (χ3v) is 3.06. The topological polar surface area (TPSA) is 29.5 Å². The van der Waals surface area contributed by atoms with Gasteiger partial charge in [0.1, 0.15) is 0 Å². The maximum atomic E-state index is 9.01. The Kier molecular flexibility index (Phi) is 2.64. The van der Waals surface area contributed by atoms with Gasteiger partial charge in [0, 0.05) is 5.92 Å². The molecule has 3 atom stereocenters. The van der Waals surface area contributed by atoms with Gasteiger partial charge in [-0.1, -0.05) is 6.92 Å². The number of rotatable bonds is 1. The Hall–Kier alpha value is 0.560. The van der Waals surface area contributed by atoms with Crippen LogP contribution in [0.1, 0.15) is 6.92 Å². The number of hydrogen-bond acceptors (Lipinski definition) is 3. The minimum absolute atomic E-state index is 0.160. The third kappa shape index (κ3) is 1.52. The average Bonchev–Trinajstić information content (AvgIpc) is 2.15. The molecule has 3 unspecified atom stereocenters. The quantitative estimate of drug-likeness (QED) is 0.639. The van der Waals surface area contributed by atoms with Crippen LogP contribution in [0.15, 0.2) is 0 Å². The number of aliphatic hydroxyl groups is 1. The lowest BCUT2D eigenvalue weighted by Gasteiger charge is -2.09. The Morgan fingerprint density at radius 1 is 1.78 bits per heavy atom. The van der Waals surface area contributed by atoms with Gasteiger partial charge < -0.3 is 9.84 Å². The van der Waals surface area contributed by atoms with Gasteiger partial charge in [0.05, 0.1) is 11.9 Å². The van der Waals surface area contributed by atoms with Crippen LogP contribution in [-0.2, 0) is 4.74 Å². The zero-order chi connectivity index (χ0) is 6.85. The first-order valence-corrected chi connectivity index (χ1v) is 4.53. The Balaban J connectivity index is 2.41. The zero-order valence-electron chi connectivity index (χ0n) is 5.08. The largest absolute Gasteiger partial charge is 0.368 e. The summed E-state index contributed by atoms with van der Waals surface area (Å²) in [6.07, 6.45) is -0.610. The highest BCUT2D eigenvalue weighted by molar-refractivity contribution is 8.21. The first-order valence-electron chi connectivity index (χ1n) is 2.82. The average molecular weight is 169 g/mol. The predicted octanol–water partition coefficient (Wildman–Crippen LogP) is 1.23. The van der Waals surface area contributed by atoms with E-state index in [-0.39, 0.29) is 11.2 Å². The van der Waals surface area contributed by atoms with Crippen molar-refractivity contribution >= 4 is 21.7 Å². The lowest BCUT2D eigenvalue weighted by Crippen LogP contribution is -2.16. The predicted molar refractivity (Wildman–Crippen MR) is 38.4 cm³/mol. The second-order valence-electron chi connectivity index (χ2n) is 2.21. The van der Waals surface area contributed by atoms with E-state index in [0.717, 1.165) is 0 Å². The Morgan fingerprint density at radius 3 is 2.67 bits per heavy atom. The molecule has 0 bridgehead atoms. The van der Waals surface area contributed by atoms with Crippen molar-refractivity contribution in [2.24, 2.45) is 5.92 Å². The second kappa shape index (κ2) is 3.10. The molecule has 1 heterocycles. The molecule has 54 valence electrons. The van der Waals surface area contributed by atoms with Crippen LogP contribution in [0.3, 0.4) is 0 Å². The van der Waals surface area contributed by atoms with Gasteiger partial charge in [0.2, 0.25) is 0 Å². The van der Waals surface area contributed by atoms with Crippen LogP contribution in [-0.4, -0.2) is 23.3 Å². The van der Waals surface area contributed by atoms with Crippen molar-refractivity contribution in [3.8, 4) is 0 Å². The number of ether oxygens (including phenoxy) is 1. The van der Waals surface area contributed by atoms with Crippen LogP contribution in [0.25, 0.3) is 0 Å². The minimum atomic E-state index is -0.610. The van der Waals surface area contributed by atoms with E-state index in [9.17, 15) is 0 Å². The van der Waals surface area contributed by atoms with Crippen LogP contribution in [0.4, 0.5) is 0 Å².